The summed E-state index contributed by atoms with van der Waals surface area (Å²) in [5.74, 6) is -3.14. The van der Waals surface area contributed by atoms with Crippen molar-refractivity contribution >= 4 is 61.8 Å². The molecule has 0 spiro atoms. The van der Waals surface area contributed by atoms with Gasteiger partial charge in [0.2, 0.25) is 5.13 Å². The van der Waals surface area contributed by atoms with Crippen LogP contribution in [0.1, 0.15) is 10.5 Å². The van der Waals surface area contributed by atoms with Crippen molar-refractivity contribution in [3.63, 3.8) is 0 Å². The van der Waals surface area contributed by atoms with Crippen LogP contribution in [-0.2, 0) is 14.8 Å². The van der Waals surface area contributed by atoms with Gasteiger partial charge in [-0.2, -0.15) is 4.37 Å². The van der Waals surface area contributed by atoms with Crippen LogP contribution >= 0.6 is 34.7 Å². The highest BCUT2D eigenvalue weighted by atomic mass is 35.5. The fourth-order valence-corrected chi connectivity index (χ4v) is 5.27. The van der Waals surface area contributed by atoms with Crippen molar-refractivity contribution in [3.05, 3.63) is 76.5 Å². The molecule has 0 aliphatic carbocycles. The Balaban J connectivity index is 1.66. The molecule has 0 radical (unpaired) electrons. The van der Waals surface area contributed by atoms with Gasteiger partial charge >= 0.3 is 5.97 Å². The van der Waals surface area contributed by atoms with Crippen LogP contribution in [-0.4, -0.2) is 46.3 Å². The standard InChI is InChI=1S/C22H14Cl2FN5O6S2/c23-12-1-2-17(13(6-12)11-3-4-26-16(5-11)21(33)27-9-20(31)32)36-18-8-15(25)19(7-14(18)24)38(34,35)30-22-28-10-29-37-22/h1-8,10H,9H2,(H,27,33)(H,31,32)(H,28,29,30). The van der Waals surface area contributed by atoms with Crippen LogP contribution in [0.3, 0.4) is 0 Å². The lowest BCUT2D eigenvalue weighted by molar-refractivity contribution is -0.135. The molecule has 196 valence electrons. The third-order valence-electron chi connectivity index (χ3n) is 4.72. The molecule has 11 nitrogen and oxygen atoms in total. The van der Waals surface area contributed by atoms with Gasteiger partial charge < -0.3 is 15.2 Å². The summed E-state index contributed by atoms with van der Waals surface area (Å²) in [4.78, 5) is 29.9. The number of carbonyl (C=O) groups is 2. The fourth-order valence-electron chi connectivity index (χ4n) is 3.09. The van der Waals surface area contributed by atoms with E-state index in [0.717, 1.165) is 30.0 Å². The Bertz CT molecular complexity index is 1640. The van der Waals surface area contributed by atoms with Crippen molar-refractivity contribution in [3.8, 4) is 22.6 Å². The molecular formula is C22H14Cl2FN5O6S2. The number of anilines is 1. The summed E-state index contributed by atoms with van der Waals surface area (Å²) >= 11 is 13.2. The molecule has 0 aliphatic heterocycles. The van der Waals surface area contributed by atoms with E-state index in [-0.39, 0.29) is 27.3 Å². The number of pyridine rings is 1. The van der Waals surface area contributed by atoms with Gasteiger partial charge in [0.15, 0.2) is 0 Å². The molecule has 0 fully saturated rings. The lowest BCUT2D eigenvalue weighted by atomic mass is 10.0. The number of halogens is 3. The van der Waals surface area contributed by atoms with Crippen molar-refractivity contribution in [1.29, 1.82) is 0 Å². The van der Waals surface area contributed by atoms with Crippen LogP contribution in [0.15, 0.2) is 59.9 Å². The molecule has 4 rings (SSSR count). The molecule has 2 aromatic carbocycles. The Labute approximate surface area is 228 Å². The highest BCUT2D eigenvalue weighted by Crippen LogP contribution is 2.39. The van der Waals surface area contributed by atoms with E-state index in [1.807, 2.05) is 0 Å². The second kappa shape index (κ2) is 11.3. The number of benzene rings is 2. The number of carboxylic acids is 1. The Morgan fingerprint density at radius 1 is 1.08 bits per heavy atom. The minimum absolute atomic E-state index is 0.0555. The van der Waals surface area contributed by atoms with Gasteiger partial charge in [0.25, 0.3) is 15.9 Å². The number of sulfonamides is 1. The Hall–Kier alpha value is -3.85. The third kappa shape index (κ3) is 6.34. The molecule has 4 aromatic rings. The van der Waals surface area contributed by atoms with E-state index in [1.54, 1.807) is 6.07 Å². The summed E-state index contributed by atoms with van der Waals surface area (Å²) in [6.07, 6.45) is 2.47. The molecule has 0 bridgehead atoms. The van der Waals surface area contributed by atoms with Gasteiger partial charge in [-0.15, -0.1) is 0 Å². The van der Waals surface area contributed by atoms with Crippen LogP contribution in [0.2, 0.25) is 10.0 Å². The van der Waals surface area contributed by atoms with Gasteiger partial charge in [0.05, 0.1) is 5.02 Å². The zero-order valence-corrected chi connectivity index (χ0v) is 21.8. The molecule has 2 aromatic heterocycles. The topological polar surface area (TPSA) is 160 Å². The lowest BCUT2D eigenvalue weighted by Gasteiger charge is -2.15. The molecule has 38 heavy (non-hydrogen) atoms. The van der Waals surface area contributed by atoms with Crippen molar-refractivity contribution in [1.82, 2.24) is 19.7 Å². The molecule has 0 saturated heterocycles. The zero-order chi connectivity index (χ0) is 27.4. The zero-order valence-electron chi connectivity index (χ0n) is 18.7. The number of hydrogen-bond acceptors (Lipinski definition) is 9. The monoisotopic (exact) mass is 597 g/mol. The van der Waals surface area contributed by atoms with Crippen LogP contribution in [0.4, 0.5) is 9.52 Å². The molecular weight excluding hydrogens is 584 g/mol. The first-order valence-corrected chi connectivity index (χ1v) is 13.3. The number of rotatable bonds is 9. The maximum Gasteiger partial charge on any atom is 0.322 e. The molecule has 0 aliphatic rings. The number of amides is 1. The van der Waals surface area contributed by atoms with Crippen molar-refractivity contribution < 1.29 is 32.2 Å². The summed E-state index contributed by atoms with van der Waals surface area (Å²) in [6.45, 7) is -0.595. The van der Waals surface area contributed by atoms with Crippen LogP contribution < -0.4 is 14.8 Å². The lowest BCUT2D eigenvalue weighted by Crippen LogP contribution is -2.29. The van der Waals surface area contributed by atoms with E-state index in [4.69, 9.17) is 33.0 Å². The maximum atomic E-state index is 14.9. The number of nitrogens with zero attached hydrogens (tertiary/aromatic N) is 3. The summed E-state index contributed by atoms with van der Waals surface area (Å²) in [5.41, 5.74) is 0.699. The largest absolute Gasteiger partial charge is 0.480 e. The minimum atomic E-state index is -4.36. The predicted octanol–water partition coefficient (Wildman–Crippen LogP) is 4.45. The average Bonchev–Trinajstić information content (AvgIpc) is 3.37. The van der Waals surface area contributed by atoms with Gasteiger partial charge in [-0.3, -0.25) is 19.3 Å². The average molecular weight is 598 g/mol. The van der Waals surface area contributed by atoms with E-state index in [0.29, 0.717) is 16.1 Å². The van der Waals surface area contributed by atoms with Crippen molar-refractivity contribution in [2.45, 2.75) is 4.90 Å². The van der Waals surface area contributed by atoms with Gasteiger partial charge in [-0.25, -0.2) is 17.8 Å². The molecule has 0 atom stereocenters. The van der Waals surface area contributed by atoms with Gasteiger partial charge in [-0.1, -0.05) is 23.2 Å². The van der Waals surface area contributed by atoms with Gasteiger partial charge in [0.1, 0.15) is 40.8 Å². The van der Waals surface area contributed by atoms with Gasteiger partial charge in [-0.05, 0) is 42.0 Å². The number of hydrogen-bond donors (Lipinski definition) is 3. The normalized spacial score (nSPS) is 11.1. The highest BCUT2D eigenvalue weighted by molar-refractivity contribution is 7.93. The summed E-state index contributed by atoms with van der Waals surface area (Å²) in [7, 11) is -4.36. The molecule has 16 heteroatoms. The van der Waals surface area contributed by atoms with Crippen molar-refractivity contribution in [2.75, 3.05) is 11.3 Å². The highest BCUT2D eigenvalue weighted by Gasteiger charge is 2.24. The molecule has 0 unspecified atom stereocenters. The molecule has 1 amide bonds. The number of carbonyl (C=O) groups excluding carboxylic acids is 1. The Morgan fingerprint density at radius 2 is 1.87 bits per heavy atom. The predicted molar refractivity (Wildman–Crippen MR) is 137 cm³/mol. The van der Waals surface area contributed by atoms with E-state index >= 15 is 0 Å². The first-order chi connectivity index (χ1) is 18.0. The number of carboxylic acid groups (broad SMARTS) is 1. The maximum absolute atomic E-state index is 14.9. The molecule has 2 heterocycles. The number of nitrogens with one attached hydrogen (secondary N) is 2. The first kappa shape index (κ1) is 27.2. The van der Waals surface area contributed by atoms with Crippen LogP contribution in [0.5, 0.6) is 11.5 Å². The van der Waals surface area contributed by atoms with Crippen LogP contribution in [0, 0.1) is 5.82 Å². The van der Waals surface area contributed by atoms with E-state index < -0.39 is 39.2 Å². The number of ether oxygens (including phenoxy) is 1. The van der Waals surface area contributed by atoms with E-state index in [9.17, 15) is 22.4 Å². The molecule has 3 N–H and O–H groups in total. The fraction of sp³-hybridized carbons (Fsp3) is 0.0455. The van der Waals surface area contributed by atoms with Crippen molar-refractivity contribution in [2.24, 2.45) is 0 Å². The Kier molecular flexibility index (Phi) is 8.06. The molecule has 0 saturated carbocycles. The van der Waals surface area contributed by atoms with E-state index in [1.165, 1.54) is 30.5 Å². The second-order valence-corrected chi connectivity index (χ2v) is 10.6. The minimum Gasteiger partial charge on any atom is -0.480 e. The summed E-state index contributed by atoms with van der Waals surface area (Å²) in [5, 5.41) is 11.0. The van der Waals surface area contributed by atoms with Gasteiger partial charge in [0, 0.05) is 34.4 Å². The first-order valence-electron chi connectivity index (χ1n) is 10.3. The Morgan fingerprint density at radius 3 is 2.58 bits per heavy atom. The quantitative estimate of drug-likeness (QED) is 0.253. The summed E-state index contributed by atoms with van der Waals surface area (Å²) < 4.78 is 51.7. The SMILES string of the molecule is O=C(O)CNC(=O)c1cc(-c2cc(Cl)ccc2Oc2cc(F)c(S(=O)(=O)Nc3ncns3)cc2Cl)ccn1. The number of aromatic nitrogens is 3. The smallest absolute Gasteiger partial charge is 0.322 e. The summed E-state index contributed by atoms with van der Waals surface area (Å²) in [6, 6.07) is 9.11. The third-order valence-corrected chi connectivity index (χ3v) is 7.32. The van der Waals surface area contributed by atoms with Crippen LogP contribution in [0.25, 0.3) is 11.1 Å². The van der Waals surface area contributed by atoms with E-state index in [2.05, 4.69) is 24.4 Å². The number of aliphatic carboxylic acids is 1. The second-order valence-electron chi connectivity index (χ2n) is 7.31.